The molecule has 7 nitrogen and oxygen atoms in total. The van der Waals surface area contributed by atoms with Crippen LogP contribution in [0, 0.1) is 17.0 Å². The van der Waals surface area contributed by atoms with Gasteiger partial charge in [-0.2, -0.15) is 13.2 Å². The number of aliphatic hydroxyl groups is 2. The van der Waals surface area contributed by atoms with Gasteiger partial charge in [-0.05, 0) is 71.0 Å². The molecule has 3 aliphatic carbocycles. The lowest BCUT2D eigenvalue weighted by molar-refractivity contribution is -0.347. The fourth-order valence-electron chi connectivity index (χ4n) is 5.70. The third kappa shape index (κ3) is 4.01. The van der Waals surface area contributed by atoms with Gasteiger partial charge in [0.15, 0.2) is 11.7 Å². The van der Waals surface area contributed by atoms with Crippen molar-refractivity contribution in [2.24, 2.45) is 5.41 Å². The smallest absolute Gasteiger partial charge is 0.417 e. The fourth-order valence-corrected chi connectivity index (χ4v) is 5.70. The van der Waals surface area contributed by atoms with Crippen molar-refractivity contribution in [2.75, 3.05) is 6.61 Å². The van der Waals surface area contributed by atoms with Crippen LogP contribution in [0.15, 0.2) is 48.8 Å². The second-order valence-electron chi connectivity index (χ2n) is 10.1. The van der Waals surface area contributed by atoms with Crippen molar-refractivity contribution in [1.29, 1.82) is 0 Å². The summed E-state index contributed by atoms with van der Waals surface area (Å²) < 4.78 is 104. The number of rotatable bonds is 9. The van der Waals surface area contributed by atoms with Crippen LogP contribution in [-0.2, 0) is 17.6 Å². The van der Waals surface area contributed by atoms with Gasteiger partial charge in [-0.15, -0.1) is 5.10 Å². The number of benzene rings is 2. The molecular formula is C24H21F7N4O3. The molecule has 2 aromatic carbocycles. The summed E-state index contributed by atoms with van der Waals surface area (Å²) in [4.78, 5) is 0. The Kier molecular flexibility index (Phi) is 5.98. The standard InChI is InChI=1S/C24H21F7N4O3/c25-15-3-6-18(26)17(7-15)22(37,12-35-13-32-33-34-35)24(30,31)21-9-20(10-21,11-21)14-1-4-16(5-2-14)38-8-19(36)23(27,28)29/h1-7,13,19,36-37H,8-12H2/t19-,20?,21?,22?/m0/s1. The molecule has 38 heavy (non-hydrogen) atoms. The lowest BCUT2D eigenvalue weighted by Crippen LogP contribution is -2.76. The molecule has 0 radical (unpaired) electrons. The van der Waals surface area contributed by atoms with E-state index in [1.807, 2.05) is 0 Å². The average molecular weight is 546 g/mol. The molecule has 2 N–H and O–H groups in total. The molecule has 2 bridgehead atoms. The maximum Gasteiger partial charge on any atom is 0.417 e. The van der Waals surface area contributed by atoms with Crippen molar-refractivity contribution in [2.45, 2.75) is 55.0 Å². The van der Waals surface area contributed by atoms with E-state index in [9.17, 15) is 27.1 Å². The third-order valence-electron chi connectivity index (χ3n) is 7.62. The van der Waals surface area contributed by atoms with Gasteiger partial charge in [-0.25, -0.2) is 22.2 Å². The molecule has 204 valence electrons. The number of hydrogen-bond donors (Lipinski definition) is 2. The van der Waals surface area contributed by atoms with Crippen LogP contribution in [0.25, 0.3) is 0 Å². The highest BCUT2D eigenvalue weighted by Gasteiger charge is 2.82. The first-order chi connectivity index (χ1) is 17.7. The van der Waals surface area contributed by atoms with E-state index < -0.39 is 65.0 Å². The van der Waals surface area contributed by atoms with Gasteiger partial charge in [0.1, 0.15) is 30.3 Å². The van der Waals surface area contributed by atoms with Crippen LogP contribution >= 0.6 is 0 Å². The lowest BCUT2D eigenvalue weighted by atomic mass is 9.30. The molecule has 3 aromatic rings. The maximum absolute atomic E-state index is 16.2. The minimum Gasteiger partial charge on any atom is -0.491 e. The molecule has 14 heteroatoms. The van der Waals surface area contributed by atoms with Crippen molar-refractivity contribution in [3.63, 3.8) is 0 Å². The largest absolute Gasteiger partial charge is 0.491 e. The molecule has 1 unspecified atom stereocenters. The summed E-state index contributed by atoms with van der Waals surface area (Å²) >= 11 is 0. The van der Waals surface area contributed by atoms with Gasteiger partial charge < -0.3 is 14.9 Å². The predicted molar refractivity (Wildman–Crippen MR) is 115 cm³/mol. The summed E-state index contributed by atoms with van der Waals surface area (Å²) in [6.07, 6.45) is -6.74. The number of aliphatic hydroxyl groups excluding tert-OH is 1. The number of alkyl halides is 5. The van der Waals surface area contributed by atoms with Crippen LogP contribution in [0.2, 0.25) is 0 Å². The highest BCUT2D eigenvalue weighted by Crippen LogP contribution is 2.80. The lowest BCUT2D eigenvalue weighted by Gasteiger charge is -2.74. The number of ether oxygens (including phenoxy) is 1. The average Bonchev–Trinajstić information content (AvgIpc) is 3.30. The van der Waals surface area contributed by atoms with Gasteiger partial charge in [0.2, 0.25) is 0 Å². The quantitative estimate of drug-likeness (QED) is 0.396. The van der Waals surface area contributed by atoms with Crippen molar-refractivity contribution in [3.8, 4) is 5.75 Å². The Bertz CT molecular complexity index is 1300. The van der Waals surface area contributed by atoms with Crippen LogP contribution < -0.4 is 4.74 Å². The van der Waals surface area contributed by atoms with Crippen LogP contribution in [0.4, 0.5) is 30.7 Å². The second-order valence-corrected chi connectivity index (χ2v) is 10.1. The third-order valence-corrected chi connectivity index (χ3v) is 7.62. The van der Waals surface area contributed by atoms with Gasteiger partial charge in [-0.1, -0.05) is 12.1 Å². The van der Waals surface area contributed by atoms with Gasteiger partial charge in [0.25, 0.3) is 5.92 Å². The van der Waals surface area contributed by atoms with Crippen LogP contribution in [0.3, 0.4) is 0 Å². The molecular weight excluding hydrogens is 525 g/mol. The molecule has 1 heterocycles. The monoisotopic (exact) mass is 546 g/mol. The van der Waals surface area contributed by atoms with Crippen LogP contribution in [-0.4, -0.2) is 55.2 Å². The molecule has 1 aromatic heterocycles. The first-order valence-electron chi connectivity index (χ1n) is 11.5. The summed E-state index contributed by atoms with van der Waals surface area (Å²) in [5.74, 6) is -6.10. The number of halogens is 7. The zero-order chi connectivity index (χ0) is 27.6. The van der Waals surface area contributed by atoms with Crippen LogP contribution in [0.1, 0.15) is 30.4 Å². The zero-order valence-corrected chi connectivity index (χ0v) is 19.5. The van der Waals surface area contributed by atoms with Crippen molar-refractivity contribution < 1.29 is 45.7 Å². The Morgan fingerprint density at radius 2 is 1.66 bits per heavy atom. The first-order valence-corrected chi connectivity index (χ1v) is 11.5. The molecule has 6 rings (SSSR count). The van der Waals surface area contributed by atoms with Crippen molar-refractivity contribution in [1.82, 2.24) is 20.2 Å². The van der Waals surface area contributed by atoms with Gasteiger partial charge in [0.05, 0.1) is 6.54 Å². The summed E-state index contributed by atoms with van der Waals surface area (Å²) in [5.41, 5.74) is -5.86. The number of hydrogen-bond acceptors (Lipinski definition) is 6. The Balaban J connectivity index is 1.36. The van der Waals surface area contributed by atoms with E-state index >= 15 is 8.78 Å². The molecule has 3 aliphatic rings. The Morgan fingerprint density at radius 1 is 1.00 bits per heavy atom. The minimum atomic E-state index is -4.83. The number of aromatic nitrogens is 4. The molecule has 0 aliphatic heterocycles. The van der Waals surface area contributed by atoms with Gasteiger partial charge >= 0.3 is 6.18 Å². The molecule has 0 saturated heterocycles. The Hall–Kier alpha value is -3.26. The molecule has 2 atom stereocenters. The number of nitrogens with zero attached hydrogens (tertiary/aromatic N) is 4. The fraction of sp³-hybridized carbons (Fsp3) is 0.458. The van der Waals surface area contributed by atoms with E-state index in [1.165, 1.54) is 24.3 Å². The normalized spacial score (nSPS) is 25.2. The first kappa shape index (κ1) is 26.4. The van der Waals surface area contributed by atoms with E-state index in [0.717, 1.165) is 17.1 Å². The van der Waals surface area contributed by atoms with E-state index in [-0.39, 0.29) is 25.0 Å². The zero-order valence-electron chi connectivity index (χ0n) is 19.5. The van der Waals surface area contributed by atoms with Crippen LogP contribution in [0.5, 0.6) is 5.75 Å². The summed E-state index contributed by atoms with van der Waals surface area (Å²) in [5, 5.41) is 30.6. The van der Waals surface area contributed by atoms with E-state index in [2.05, 4.69) is 15.5 Å². The molecule has 3 saturated carbocycles. The van der Waals surface area contributed by atoms with Gasteiger partial charge in [-0.3, -0.25) is 0 Å². The molecule has 0 amide bonds. The van der Waals surface area contributed by atoms with Gasteiger partial charge in [0, 0.05) is 11.0 Å². The van der Waals surface area contributed by atoms with E-state index in [4.69, 9.17) is 9.84 Å². The highest BCUT2D eigenvalue weighted by molar-refractivity contribution is 5.44. The summed E-state index contributed by atoms with van der Waals surface area (Å²) in [7, 11) is 0. The Labute approximate surface area is 210 Å². The molecule has 3 fully saturated rings. The maximum atomic E-state index is 16.2. The second kappa shape index (κ2) is 8.63. The highest BCUT2D eigenvalue weighted by atomic mass is 19.4. The topological polar surface area (TPSA) is 93.3 Å². The van der Waals surface area contributed by atoms with E-state index in [0.29, 0.717) is 17.7 Å². The summed E-state index contributed by atoms with van der Waals surface area (Å²) in [6.45, 7) is -1.93. The predicted octanol–water partition coefficient (Wildman–Crippen LogP) is 3.90. The SMILES string of the molecule is O[C@@H](COc1ccc(C23CC(C(F)(F)C(O)(Cn4cnnn4)c4cc(F)ccc4F)(C2)C3)cc1)C(F)(F)F. The van der Waals surface area contributed by atoms with Crippen molar-refractivity contribution >= 4 is 0 Å². The number of tetrazole rings is 1. The van der Waals surface area contributed by atoms with Crippen molar-refractivity contribution in [3.05, 3.63) is 71.6 Å². The Morgan fingerprint density at radius 3 is 2.24 bits per heavy atom. The van der Waals surface area contributed by atoms with E-state index in [1.54, 1.807) is 0 Å². The molecule has 0 spiro atoms. The minimum absolute atomic E-state index is 0.0566. The summed E-state index contributed by atoms with van der Waals surface area (Å²) in [6, 6.07) is 7.77.